The summed E-state index contributed by atoms with van der Waals surface area (Å²) in [7, 11) is -2.24. The zero-order chi connectivity index (χ0) is 23.9. The summed E-state index contributed by atoms with van der Waals surface area (Å²) in [5.74, 6) is 1.87. The lowest BCUT2D eigenvalue weighted by molar-refractivity contribution is 0.205. The van der Waals surface area contributed by atoms with Gasteiger partial charge in [-0.15, -0.1) is 0 Å². The standard InChI is InChI=1S/C25H24FN3O4S/c1-17-16-28(13-14-29(17)34(30,31)19-8-5-7-18(26)15-19)25-20-9-6-12-23(32-2)24(20)33-22-11-4-3-10-21(22)27-25/h3-12,15,17H,13-14,16H2,1-2H3. The quantitative estimate of drug-likeness (QED) is 0.554. The fourth-order valence-electron chi connectivity index (χ4n) is 4.37. The van der Waals surface area contributed by atoms with Gasteiger partial charge in [-0.25, -0.2) is 17.8 Å². The number of hydrogen-bond donors (Lipinski definition) is 0. The molecule has 3 aromatic rings. The third kappa shape index (κ3) is 3.91. The molecule has 0 aromatic heterocycles. The molecule has 0 saturated carbocycles. The lowest BCUT2D eigenvalue weighted by atomic mass is 10.1. The van der Waals surface area contributed by atoms with Crippen molar-refractivity contribution in [3.05, 3.63) is 78.1 Å². The van der Waals surface area contributed by atoms with E-state index in [-0.39, 0.29) is 17.5 Å². The molecular weight excluding hydrogens is 457 g/mol. The van der Waals surface area contributed by atoms with Crippen LogP contribution in [0.1, 0.15) is 12.5 Å². The number of nitrogens with zero attached hydrogens (tertiary/aromatic N) is 3. The number of sulfonamides is 1. The van der Waals surface area contributed by atoms with Gasteiger partial charge in [0, 0.05) is 25.7 Å². The molecule has 9 heteroatoms. The maximum Gasteiger partial charge on any atom is 0.243 e. The maximum absolute atomic E-state index is 13.7. The van der Waals surface area contributed by atoms with Crippen LogP contribution in [0.3, 0.4) is 0 Å². The van der Waals surface area contributed by atoms with Crippen LogP contribution in [0, 0.1) is 5.82 Å². The van der Waals surface area contributed by atoms with Gasteiger partial charge < -0.3 is 14.4 Å². The number of ether oxygens (including phenoxy) is 2. The number of fused-ring (bicyclic) bond motifs is 2. The Morgan fingerprint density at radius 3 is 2.62 bits per heavy atom. The molecule has 1 unspecified atom stereocenters. The van der Waals surface area contributed by atoms with Crippen molar-refractivity contribution < 1.29 is 22.3 Å². The van der Waals surface area contributed by atoms with E-state index in [2.05, 4.69) is 4.90 Å². The Balaban J connectivity index is 1.50. The Hall–Kier alpha value is -3.43. The smallest absolute Gasteiger partial charge is 0.243 e. The van der Waals surface area contributed by atoms with Crippen LogP contribution in [0.15, 0.2) is 76.6 Å². The Labute approximate surface area is 198 Å². The van der Waals surface area contributed by atoms with Crippen LogP contribution in [-0.2, 0) is 10.0 Å². The van der Waals surface area contributed by atoms with E-state index < -0.39 is 15.8 Å². The fraction of sp³-hybridized carbons (Fsp3) is 0.240. The topological polar surface area (TPSA) is 71.4 Å². The Bertz CT molecular complexity index is 1380. The summed E-state index contributed by atoms with van der Waals surface area (Å²) < 4.78 is 53.3. The van der Waals surface area contributed by atoms with Crippen LogP contribution in [0.5, 0.6) is 17.2 Å². The molecule has 1 fully saturated rings. The van der Waals surface area contributed by atoms with Crippen LogP contribution in [-0.4, -0.2) is 56.2 Å². The van der Waals surface area contributed by atoms with Crippen molar-refractivity contribution in [2.24, 2.45) is 4.99 Å². The van der Waals surface area contributed by atoms with Crippen molar-refractivity contribution in [1.82, 2.24) is 9.21 Å². The monoisotopic (exact) mass is 481 g/mol. The summed E-state index contributed by atoms with van der Waals surface area (Å²) in [6.45, 7) is 2.90. The molecule has 5 rings (SSSR count). The van der Waals surface area contributed by atoms with E-state index in [1.165, 1.54) is 22.5 Å². The van der Waals surface area contributed by atoms with Gasteiger partial charge in [0.05, 0.1) is 17.6 Å². The average Bonchev–Trinajstić information content (AvgIpc) is 3.00. The highest BCUT2D eigenvalue weighted by molar-refractivity contribution is 7.89. The largest absolute Gasteiger partial charge is 0.493 e. The van der Waals surface area contributed by atoms with Crippen LogP contribution >= 0.6 is 0 Å². The summed E-state index contributed by atoms with van der Waals surface area (Å²) in [6, 6.07) is 17.9. The number of rotatable bonds is 3. The van der Waals surface area contributed by atoms with Crippen LogP contribution in [0.2, 0.25) is 0 Å². The van der Waals surface area contributed by atoms with Gasteiger partial charge in [-0.1, -0.05) is 24.3 Å². The maximum atomic E-state index is 13.7. The highest BCUT2D eigenvalue weighted by Gasteiger charge is 2.36. The lowest BCUT2D eigenvalue weighted by Crippen LogP contribution is -2.55. The molecule has 176 valence electrons. The zero-order valence-electron chi connectivity index (χ0n) is 18.8. The number of piperazine rings is 1. The molecule has 2 heterocycles. The second-order valence-corrected chi connectivity index (χ2v) is 10.1. The minimum atomic E-state index is -3.83. The first-order valence-electron chi connectivity index (χ1n) is 10.9. The minimum Gasteiger partial charge on any atom is -0.493 e. The number of benzene rings is 3. The molecule has 0 bridgehead atoms. The van der Waals surface area contributed by atoms with Gasteiger partial charge in [0.15, 0.2) is 17.2 Å². The molecule has 0 aliphatic carbocycles. The molecule has 7 nitrogen and oxygen atoms in total. The van der Waals surface area contributed by atoms with Crippen molar-refractivity contribution in [2.75, 3.05) is 26.7 Å². The molecule has 0 amide bonds. The first kappa shape index (κ1) is 22.4. The van der Waals surface area contributed by atoms with Crippen LogP contribution in [0.4, 0.5) is 10.1 Å². The Kier molecular flexibility index (Phi) is 5.75. The fourth-order valence-corrected chi connectivity index (χ4v) is 6.02. The van der Waals surface area contributed by atoms with Gasteiger partial charge in [0.1, 0.15) is 17.3 Å². The summed E-state index contributed by atoms with van der Waals surface area (Å²) in [4.78, 5) is 6.93. The molecule has 0 N–H and O–H groups in total. The molecule has 1 saturated heterocycles. The predicted molar refractivity (Wildman–Crippen MR) is 127 cm³/mol. The molecule has 2 aliphatic heterocycles. The number of halogens is 1. The van der Waals surface area contributed by atoms with Gasteiger partial charge >= 0.3 is 0 Å². The summed E-state index contributed by atoms with van der Waals surface area (Å²) in [5, 5.41) is 0. The molecule has 3 aromatic carbocycles. The molecule has 2 aliphatic rings. The third-order valence-electron chi connectivity index (χ3n) is 6.01. The number of methoxy groups -OCH3 is 1. The normalized spacial score (nSPS) is 18.3. The van der Waals surface area contributed by atoms with Gasteiger partial charge in [-0.3, -0.25) is 0 Å². The molecule has 0 radical (unpaired) electrons. The highest BCUT2D eigenvalue weighted by atomic mass is 32.2. The van der Waals surface area contributed by atoms with Gasteiger partial charge in [-0.05, 0) is 49.4 Å². The average molecular weight is 482 g/mol. The van der Waals surface area contributed by atoms with E-state index in [0.717, 1.165) is 11.6 Å². The number of aliphatic imine (C=N–C) groups is 1. The predicted octanol–water partition coefficient (Wildman–Crippen LogP) is 4.41. The van der Waals surface area contributed by atoms with E-state index in [9.17, 15) is 12.8 Å². The number of para-hydroxylation sites is 3. The number of hydrogen-bond acceptors (Lipinski definition) is 6. The van der Waals surface area contributed by atoms with Crippen LogP contribution in [0.25, 0.3) is 0 Å². The van der Waals surface area contributed by atoms with Crippen LogP contribution < -0.4 is 9.47 Å². The number of amidine groups is 1. The molecule has 34 heavy (non-hydrogen) atoms. The molecule has 1 atom stereocenters. The van der Waals surface area contributed by atoms with E-state index in [0.29, 0.717) is 41.9 Å². The highest BCUT2D eigenvalue weighted by Crippen LogP contribution is 2.43. The first-order valence-corrected chi connectivity index (χ1v) is 12.4. The molecular formula is C25H24FN3O4S. The van der Waals surface area contributed by atoms with E-state index in [1.807, 2.05) is 49.4 Å². The van der Waals surface area contributed by atoms with Crippen molar-refractivity contribution in [1.29, 1.82) is 0 Å². The van der Waals surface area contributed by atoms with Gasteiger partial charge in [0.2, 0.25) is 10.0 Å². The minimum absolute atomic E-state index is 0.0444. The SMILES string of the molecule is COc1cccc2c1Oc1ccccc1N=C2N1CCN(S(=O)(=O)c2cccc(F)c2)C(C)C1. The second-order valence-electron chi connectivity index (χ2n) is 8.21. The van der Waals surface area contributed by atoms with Crippen molar-refractivity contribution in [3.8, 4) is 17.2 Å². The van der Waals surface area contributed by atoms with E-state index in [4.69, 9.17) is 14.5 Å². The molecule has 0 spiro atoms. The van der Waals surface area contributed by atoms with Gasteiger partial charge in [0.25, 0.3) is 0 Å². The summed E-state index contributed by atoms with van der Waals surface area (Å²) >= 11 is 0. The Morgan fingerprint density at radius 1 is 1.06 bits per heavy atom. The first-order chi connectivity index (χ1) is 16.4. The summed E-state index contributed by atoms with van der Waals surface area (Å²) in [6.07, 6.45) is 0. The van der Waals surface area contributed by atoms with E-state index >= 15 is 0 Å². The summed E-state index contributed by atoms with van der Waals surface area (Å²) in [5.41, 5.74) is 1.45. The zero-order valence-corrected chi connectivity index (χ0v) is 19.6. The van der Waals surface area contributed by atoms with Crippen molar-refractivity contribution in [2.45, 2.75) is 17.9 Å². The second kappa shape index (κ2) is 8.73. The third-order valence-corrected chi connectivity index (χ3v) is 8.02. The van der Waals surface area contributed by atoms with Gasteiger partial charge in [-0.2, -0.15) is 4.31 Å². The Morgan fingerprint density at radius 2 is 1.85 bits per heavy atom. The lowest BCUT2D eigenvalue weighted by Gasteiger charge is -2.40. The van der Waals surface area contributed by atoms with Crippen molar-refractivity contribution >= 4 is 21.5 Å². The van der Waals surface area contributed by atoms with E-state index in [1.54, 1.807) is 7.11 Å². The van der Waals surface area contributed by atoms with Crippen molar-refractivity contribution in [3.63, 3.8) is 0 Å².